The first-order valence-electron chi connectivity index (χ1n) is 6.66. The fraction of sp³-hybridized carbons (Fsp3) is 0.267. The second-order valence-corrected chi connectivity index (χ2v) is 7.70. The van der Waals surface area contributed by atoms with E-state index in [0.717, 1.165) is 5.69 Å². The van der Waals surface area contributed by atoms with Crippen LogP contribution in [0.3, 0.4) is 0 Å². The molecule has 1 aromatic heterocycles. The summed E-state index contributed by atoms with van der Waals surface area (Å²) in [7, 11) is -3.83. The molecule has 1 heterocycles. The van der Waals surface area contributed by atoms with Crippen LogP contribution in [0.15, 0.2) is 35.2 Å². The van der Waals surface area contributed by atoms with E-state index in [1.54, 1.807) is 19.1 Å². The molecule has 0 aliphatic heterocycles. The monoisotopic (exact) mass is 358 g/mol. The normalized spacial score (nSPS) is 11.7. The van der Waals surface area contributed by atoms with Gasteiger partial charge in [0.2, 0.25) is 0 Å². The highest BCUT2D eigenvalue weighted by molar-refractivity contribution is 7.92. The van der Waals surface area contributed by atoms with E-state index >= 15 is 0 Å². The third kappa shape index (κ3) is 3.72. The number of anilines is 1. The summed E-state index contributed by atoms with van der Waals surface area (Å²) in [6.07, 6.45) is 0. The van der Waals surface area contributed by atoms with Crippen molar-refractivity contribution in [2.75, 3.05) is 4.72 Å². The summed E-state index contributed by atoms with van der Waals surface area (Å²) in [5, 5.41) is 0.493. The molecule has 118 valence electrons. The van der Waals surface area contributed by atoms with E-state index in [4.69, 9.17) is 23.2 Å². The number of hydrogen-bond acceptors (Lipinski definition) is 3. The summed E-state index contributed by atoms with van der Waals surface area (Å²) in [6, 6.07) is 8.07. The van der Waals surface area contributed by atoms with E-state index in [1.165, 1.54) is 12.1 Å². The maximum atomic E-state index is 12.5. The van der Waals surface area contributed by atoms with Gasteiger partial charge in [0.05, 0.1) is 5.02 Å². The summed E-state index contributed by atoms with van der Waals surface area (Å²) in [5.41, 5.74) is 1.44. The van der Waals surface area contributed by atoms with Crippen LogP contribution in [-0.2, 0) is 10.0 Å². The van der Waals surface area contributed by atoms with Crippen molar-refractivity contribution in [2.24, 2.45) is 0 Å². The molecule has 0 radical (unpaired) electrons. The van der Waals surface area contributed by atoms with Gasteiger partial charge in [-0.1, -0.05) is 43.1 Å². The van der Waals surface area contributed by atoms with Crippen molar-refractivity contribution in [2.45, 2.75) is 31.6 Å². The Labute approximate surface area is 140 Å². The lowest BCUT2D eigenvalue weighted by Gasteiger charge is -2.12. The molecule has 0 saturated carbocycles. The van der Waals surface area contributed by atoms with E-state index in [0.29, 0.717) is 10.6 Å². The molecule has 1 N–H and O–H groups in total. The fourth-order valence-corrected chi connectivity index (χ4v) is 3.69. The predicted molar refractivity (Wildman–Crippen MR) is 90.3 cm³/mol. The van der Waals surface area contributed by atoms with Crippen LogP contribution in [0.1, 0.15) is 31.0 Å². The van der Waals surface area contributed by atoms with Crippen molar-refractivity contribution in [3.63, 3.8) is 0 Å². The van der Waals surface area contributed by atoms with Crippen LogP contribution >= 0.6 is 23.2 Å². The van der Waals surface area contributed by atoms with Crippen molar-refractivity contribution in [1.29, 1.82) is 0 Å². The number of halogens is 2. The Morgan fingerprint density at radius 1 is 1.14 bits per heavy atom. The maximum Gasteiger partial charge on any atom is 0.264 e. The highest BCUT2D eigenvalue weighted by Gasteiger charge is 2.20. The van der Waals surface area contributed by atoms with Gasteiger partial charge in [0.1, 0.15) is 10.7 Å². The Hall–Kier alpha value is -1.30. The second-order valence-electron chi connectivity index (χ2n) is 5.24. The van der Waals surface area contributed by atoms with Crippen LogP contribution in [0.4, 0.5) is 5.82 Å². The number of pyridine rings is 1. The number of sulfonamides is 1. The molecule has 2 rings (SSSR count). The van der Waals surface area contributed by atoms with E-state index in [2.05, 4.69) is 9.71 Å². The molecule has 4 nitrogen and oxygen atoms in total. The maximum absolute atomic E-state index is 12.5. The standard InChI is InChI=1S/C15H16Cl2N2O2S/c1-9(2)13-5-4-6-15(18-13)19-22(20,21)14-7-10(3)11(16)8-12(14)17/h4-9H,1-3H3,(H,18,19). The molecule has 22 heavy (non-hydrogen) atoms. The third-order valence-corrected chi connectivity index (χ3v) is 5.33. The topological polar surface area (TPSA) is 59.1 Å². The van der Waals surface area contributed by atoms with Gasteiger partial charge in [-0.15, -0.1) is 0 Å². The van der Waals surface area contributed by atoms with Crippen LogP contribution in [0.25, 0.3) is 0 Å². The van der Waals surface area contributed by atoms with Crippen LogP contribution in [0.5, 0.6) is 0 Å². The number of benzene rings is 1. The molecule has 0 aliphatic rings. The molecule has 7 heteroatoms. The van der Waals surface area contributed by atoms with Crippen LogP contribution < -0.4 is 4.72 Å². The van der Waals surface area contributed by atoms with Gasteiger partial charge in [-0.05, 0) is 42.7 Å². The van der Waals surface area contributed by atoms with Crippen LogP contribution in [0.2, 0.25) is 10.0 Å². The number of aromatic nitrogens is 1. The molecule has 1 aromatic carbocycles. The number of nitrogens with one attached hydrogen (secondary N) is 1. The summed E-state index contributed by atoms with van der Waals surface area (Å²) < 4.78 is 27.4. The number of rotatable bonds is 4. The third-order valence-electron chi connectivity index (χ3n) is 3.10. The molecule has 0 spiro atoms. The molecular weight excluding hydrogens is 343 g/mol. The van der Waals surface area contributed by atoms with Gasteiger partial charge in [-0.25, -0.2) is 13.4 Å². The zero-order chi connectivity index (χ0) is 16.5. The molecular formula is C15H16Cl2N2O2S. The van der Waals surface area contributed by atoms with Crippen molar-refractivity contribution in [3.8, 4) is 0 Å². The smallest absolute Gasteiger partial charge is 0.263 e. The van der Waals surface area contributed by atoms with Gasteiger partial charge in [0.15, 0.2) is 0 Å². The average molecular weight is 359 g/mol. The van der Waals surface area contributed by atoms with Gasteiger partial charge in [0, 0.05) is 10.7 Å². The second kappa shape index (κ2) is 6.44. The Bertz CT molecular complexity index is 805. The lowest BCUT2D eigenvalue weighted by Crippen LogP contribution is -2.15. The van der Waals surface area contributed by atoms with Crippen LogP contribution in [0, 0.1) is 6.92 Å². The average Bonchev–Trinajstić information content (AvgIpc) is 2.42. The van der Waals surface area contributed by atoms with Crippen molar-refractivity contribution in [1.82, 2.24) is 4.98 Å². The van der Waals surface area contributed by atoms with Gasteiger partial charge in [-0.3, -0.25) is 4.72 Å². The zero-order valence-electron chi connectivity index (χ0n) is 12.4. The summed E-state index contributed by atoms with van der Waals surface area (Å²) >= 11 is 11.9. The first kappa shape index (κ1) is 17.1. The molecule has 0 amide bonds. The highest BCUT2D eigenvalue weighted by atomic mass is 35.5. The lowest BCUT2D eigenvalue weighted by molar-refractivity contribution is 0.601. The largest absolute Gasteiger partial charge is 0.264 e. The molecule has 2 aromatic rings. The highest BCUT2D eigenvalue weighted by Crippen LogP contribution is 2.29. The first-order valence-corrected chi connectivity index (χ1v) is 8.90. The summed E-state index contributed by atoms with van der Waals surface area (Å²) in [4.78, 5) is 4.27. The minimum Gasteiger partial charge on any atom is -0.263 e. The minimum absolute atomic E-state index is 0.0205. The predicted octanol–water partition coefficient (Wildman–Crippen LogP) is 4.62. The Morgan fingerprint density at radius 2 is 1.82 bits per heavy atom. The summed E-state index contributed by atoms with van der Waals surface area (Å²) in [6.45, 7) is 5.69. The first-order chi connectivity index (χ1) is 10.2. The van der Waals surface area contributed by atoms with E-state index < -0.39 is 10.0 Å². The van der Waals surface area contributed by atoms with Crippen molar-refractivity contribution >= 4 is 39.0 Å². The Kier molecular flexibility index (Phi) is 5.00. The lowest BCUT2D eigenvalue weighted by atomic mass is 10.1. The SMILES string of the molecule is Cc1cc(S(=O)(=O)Nc2cccc(C(C)C)n2)c(Cl)cc1Cl. The van der Waals surface area contributed by atoms with Gasteiger partial charge < -0.3 is 0 Å². The number of nitrogens with zero attached hydrogens (tertiary/aromatic N) is 1. The molecule has 0 fully saturated rings. The minimum atomic E-state index is -3.83. The van der Waals surface area contributed by atoms with E-state index in [-0.39, 0.29) is 21.7 Å². The zero-order valence-corrected chi connectivity index (χ0v) is 14.7. The van der Waals surface area contributed by atoms with Crippen LogP contribution in [-0.4, -0.2) is 13.4 Å². The quantitative estimate of drug-likeness (QED) is 0.867. The fourth-order valence-electron chi connectivity index (χ4n) is 1.86. The van der Waals surface area contributed by atoms with E-state index in [9.17, 15) is 8.42 Å². The van der Waals surface area contributed by atoms with Gasteiger partial charge in [0.25, 0.3) is 10.0 Å². The van der Waals surface area contributed by atoms with Gasteiger partial charge in [-0.2, -0.15) is 0 Å². The molecule has 0 saturated heterocycles. The molecule has 0 aliphatic carbocycles. The molecule has 0 unspecified atom stereocenters. The van der Waals surface area contributed by atoms with E-state index in [1.807, 2.05) is 19.9 Å². The number of hydrogen-bond donors (Lipinski definition) is 1. The van der Waals surface area contributed by atoms with Crippen molar-refractivity contribution in [3.05, 3.63) is 51.6 Å². The molecule has 0 bridgehead atoms. The number of aryl methyl sites for hydroxylation is 1. The Balaban J connectivity index is 2.40. The Morgan fingerprint density at radius 3 is 2.45 bits per heavy atom. The van der Waals surface area contributed by atoms with Gasteiger partial charge >= 0.3 is 0 Å². The van der Waals surface area contributed by atoms with Crippen molar-refractivity contribution < 1.29 is 8.42 Å². The molecule has 0 atom stereocenters. The summed E-state index contributed by atoms with van der Waals surface area (Å²) in [5.74, 6) is 0.459.